The summed E-state index contributed by atoms with van der Waals surface area (Å²) >= 11 is 3.18. The molecule has 2 aromatic carbocycles. The smallest absolute Gasteiger partial charge is 0.322 e. The van der Waals surface area contributed by atoms with Crippen LogP contribution in [0.4, 0.5) is 6.01 Å². The standard InChI is InChI=1S/C20H21N3O3S2/c1-13(2)28-17-6-4-5-14(11-17)19-22-23-20(26-19)21-18(24)12-27-16-9-7-15(25-3)8-10-16/h4-11,13H,12H2,1-3H3,(H,21,23,24). The molecule has 0 aliphatic carbocycles. The van der Waals surface area contributed by atoms with Gasteiger partial charge < -0.3 is 9.15 Å². The SMILES string of the molecule is COc1ccc(SCC(=O)Nc2nnc(-c3cccc(SC(C)C)c3)o2)cc1. The molecule has 146 valence electrons. The Morgan fingerprint density at radius 2 is 1.93 bits per heavy atom. The summed E-state index contributed by atoms with van der Waals surface area (Å²) in [5, 5.41) is 11.1. The molecule has 1 N–H and O–H groups in total. The van der Waals surface area contributed by atoms with Gasteiger partial charge in [0.1, 0.15) is 5.75 Å². The number of ether oxygens (including phenoxy) is 1. The number of aromatic nitrogens is 2. The van der Waals surface area contributed by atoms with E-state index in [9.17, 15) is 4.79 Å². The van der Waals surface area contributed by atoms with E-state index in [1.807, 2.05) is 48.5 Å². The first-order valence-corrected chi connectivity index (χ1v) is 10.6. The van der Waals surface area contributed by atoms with Gasteiger partial charge >= 0.3 is 6.01 Å². The number of methoxy groups -OCH3 is 1. The molecule has 1 amide bonds. The zero-order valence-electron chi connectivity index (χ0n) is 15.8. The Bertz CT molecular complexity index is 926. The fraction of sp³-hybridized carbons (Fsp3) is 0.250. The zero-order chi connectivity index (χ0) is 19.9. The van der Waals surface area contributed by atoms with Gasteiger partial charge in [-0.05, 0) is 42.5 Å². The van der Waals surface area contributed by atoms with Crippen molar-refractivity contribution >= 4 is 35.4 Å². The molecule has 0 aliphatic rings. The summed E-state index contributed by atoms with van der Waals surface area (Å²) in [6.07, 6.45) is 0. The van der Waals surface area contributed by atoms with Crippen LogP contribution in [0.1, 0.15) is 13.8 Å². The highest BCUT2D eigenvalue weighted by Crippen LogP contribution is 2.28. The van der Waals surface area contributed by atoms with E-state index in [-0.39, 0.29) is 17.7 Å². The van der Waals surface area contributed by atoms with Crippen molar-refractivity contribution in [1.82, 2.24) is 10.2 Å². The van der Waals surface area contributed by atoms with E-state index in [0.717, 1.165) is 21.1 Å². The van der Waals surface area contributed by atoms with Crippen LogP contribution in [0.3, 0.4) is 0 Å². The van der Waals surface area contributed by atoms with Crippen molar-refractivity contribution in [2.75, 3.05) is 18.2 Å². The van der Waals surface area contributed by atoms with Gasteiger partial charge in [-0.15, -0.1) is 28.6 Å². The van der Waals surface area contributed by atoms with Crippen molar-refractivity contribution in [1.29, 1.82) is 0 Å². The number of thioether (sulfide) groups is 2. The molecule has 0 unspecified atom stereocenters. The zero-order valence-corrected chi connectivity index (χ0v) is 17.5. The van der Waals surface area contributed by atoms with Gasteiger partial charge in [-0.25, -0.2) is 0 Å². The predicted molar refractivity (Wildman–Crippen MR) is 113 cm³/mol. The van der Waals surface area contributed by atoms with E-state index >= 15 is 0 Å². The normalized spacial score (nSPS) is 10.9. The van der Waals surface area contributed by atoms with Crippen LogP contribution in [-0.2, 0) is 4.79 Å². The van der Waals surface area contributed by atoms with E-state index in [1.165, 1.54) is 11.8 Å². The number of amides is 1. The first-order chi connectivity index (χ1) is 13.5. The third kappa shape index (κ3) is 5.77. The molecular weight excluding hydrogens is 394 g/mol. The minimum absolute atomic E-state index is 0.0947. The maximum atomic E-state index is 12.1. The van der Waals surface area contributed by atoms with E-state index in [0.29, 0.717) is 11.1 Å². The van der Waals surface area contributed by atoms with E-state index in [4.69, 9.17) is 9.15 Å². The molecule has 0 atom stereocenters. The van der Waals surface area contributed by atoms with Gasteiger partial charge in [0.15, 0.2) is 0 Å². The Morgan fingerprint density at radius 3 is 2.64 bits per heavy atom. The van der Waals surface area contributed by atoms with Gasteiger partial charge in [-0.2, -0.15) is 0 Å². The second kappa shape index (κ2) is 9.66. The maximum absolute atomic E-state index is 12.1. The number of carbonyl (C=O) groups is 1. The minimum atomic E-state index is -0.208. The lowest BCUT2D eigenvalue weighted by molar-refractivity contribution is -0.113. The van der Waals surface area contributed by atoms with E-state index in [1.54, 1.807) is 18.9 Å². The Labute approximate surface area is 172 Å². The van der Waals surface area contributed by atoms with Crippen molar-refractivity contribution in [2.24, 2.45) is 0 Å². The van der Waals surface area contributed by atoms with Crippen molar-refractivity contribution in [2.45, 2.75) is 28.9 Å². The number of hydrogen-bond donors (Lipinski definition) is 1. The maximum Gasteiger partial charge on any atom is 0.322 e. The van der Waals surface area contributed by atoms with Crippen molar-refractivity contribution < 1.29 is 13.9 Å². The Kier molecular flexibility index (Phi) is 7.00. The van der Waals surface area contributed by atoms with Gasteiger partial charge in [0, 0.05) is 20.6 Å². The predicted octanol–water partition coefficient (Wildman–Crippen LogP) is 4.98. The number of benzene rings is 2. The molecule has 0 saturated heterocycles. The molecule has 8 heteroatoms. The van der Waals surface area contributed by atoms with Gasteiger partial charge in [0.05, 0.1) is 12.9 Å². The molecule has 28 heavy (non-hydrogen) atoms. The monoisotopic (exact) mass is 415 g/mol. The summed E-state index contributed by atoms with van der Waals surface area (Å²) in [5.74, 6) is 1.19. The van der Waals surface area contributed by atoms with Crippen LogP contribution in [0.25, 0.3) is 11.5 Å². The van der Waals surface area contributed by atoms with E-state index in [2.05, 4.69) is 29.4 Å². The Morgan fingerprint density at radius 1 is 1.14 bits per heavy atom. The minimum Gasteiger partial charge on any atom is -0.497 e. The third-order valence-electron chi connectivity index (χ3n) is 3.55. The average molecular weight is 416 g/mol. The van der Waals surface area contributed by atoms with Crippen LogP contribution >= 0.6 is 23.5 Å². The number of anilines is 1. The summed E-state index contributed by atoms with van der Waals surface area (Å²) in [6.45, 7) is 4.28. The van der Waals surface area contributed by atoms with Crippen LogP contribution < -0.4 is 10.1 Å². The number of hydrogen-bond acceptors (Lipinski definition) is 7. The van der Waals surface area contributed by atoms with Gasteiger partial charge in [0.25, 0.3) is 0 Å². The first kappa shape index (κ1) is 20.3. The molecule has 6 nitrogen and oxygen atoms in total. The molecule has 1 heterocycles. The second-order valence-electron chi connectivity index (χ2n) is 6.12. The van der Waals surface area contributed by atoms with Crippen molar-refractivity contribution in [3.8, 4) is 17.2 Å². The Balaban J connectivity index is 1.57. The van der Waals surface area contributed by atoms with Crippen LogP contribution in [0, 0.1) is 0 Å². The summed E-state index contributed by atoms with van der Waals surface area (Å²) in [6, 6.07) is 15.5. The number of nitrogens with one attached hydrogen (secondary N) is 1. The average Bonchev–Trinajstić information content (AvgIpc) is 3.15. The molecular formula is C20H21N3O3S2. The van der Waals surface area contributed by atoms with Crippen LogP contribution in [-0.4, -0.2) is 34.2 Å². The molecule has 1 aromatic heterocycles. The number of nitrogens with zero attached hydrogens (tertiary/aromatic N) is 2. The second-order valence-corrected chi connectivity index (χ2v) is 8.82. The quantitative estimate of drug-likeness (QED) is 0.520. The summed E-state index contributed by atoms with van der Waals surface area (Å²) < 4.78 is 10.7. The highest BCUT2D eigenvalue weighted by molar-refractivity contribution is 8.00. The van der Waals surface area contributed by atoms with Crippen molar-refractivity contribution in [3.63, 3.8) is 0 Å². The summed E-state index contributed by atoms with van der Waals surface area (Å²) in [4.78, 5) is 14.2. The third-order valence-corrected chi connectivity index (χ3v) is 5.56. The van der Waals surface area contributed by atoms with Crippen molar-refractivity contribution in [3.05, 3.63) is 48.5 Å². The number of rotatable bonds is 8. The molecule has 0 saturated carbocycles. The Hall–Kier alpha value is -2.45. The molecule has 0 radical (unpaired) electrons. The van der Waals surface area contributed by atoms with Crippen LogP contribution in [0.15, 0.2) is 62.7 Å². The molecule has 0 aliphatic heterocycles. The van der Waals surface area contributed by atoms with Gasteiger partial charge in [0.2, 0.25) is 11.8 Å². The lowest BCUT2D eigenvalue weighted by Gasteiger charge is -2.05. The highest BCUT2D eigenvalue weighted by atomic mass is 32.2. The fourth-order valence-corrected chi connectivity index (χ4v) is 3.94. The molecule has 3 aromatic rings. The van der Waals surface area contributed by atoms with Gasteiger partial charge in [-0.3, -0.25) is 10.1 Å². The lowest BCUT2D eigenvalue weighted by atomic mass is 10.2. The molecule has 0 bridgehead atoms. The van der Waals surface area contributed by atoms with Crippen LogP contribution in [0.5, 0.6) is 5.75 Å². The summed E-state index contributed by atoms with van der Waals surface area (Å²) in [5.41, 5.74) is 0.825. The summed E-state index contributed by atoms with van der Waals surface area (Å²) in [7, 11) is 1.62. The highest BCUT2D eigenvalue weighted by Gasteiger charge is 2.12. The van der Waals surface area contributed by atoms with Gasteiger partial charge in [-0.1, -0.05) is 25.0 Å². The molecule has 0 spiro atoms. The first-order valence-electron chi connectivity index (χ1n) is 8.71. The largest absolute Gasteiger partial charge is 0.497 e. The fourth-order valence-electron chi connectivity index (χ4n) is 2.34. The molecule has 0 fully saturated rings. The topological polar surface area (TPSA) is 77.2 Å². The lowest BCUT2D eigenvalue weighted by Crippen LogP contribution is -2.14. The van der Waals surface area contributed by atoms with E-state index < -0.39 is 0 Å². The molecule has 3 rings (SSSR count). The van der Waals surface area contributed by atoms with Crippen LogP contribution in [0.2, 0.25) is 0 Å². The number of carbonyl (C=O) groups excluding carboxylic acids is 1.